The van der Waals surface area contributed by atoms with E-state index in [1.165, 1.54) is 0 Å². The Morgan fingerprint density at radius 1 is 0.731 bits per heavy atom. The summed E-state index contributed by atoms with van der Waals surface area (Å²) in [5.41, 5.74) is 4.46. The van der Waals surface area contributed by atoms with Crippen LogP contribution >= 0.6 is 0 Å². The number of aliphatic carboxylic acids is 2. The monoisotopic (exact) mass is 354 g/mol. The molecule has 0 unspecified atom stereocenters. The lowest BCUT2D eigenvalue weighted by atomic mass is 10.2. The number of nitrogens with one attached hydrogen (secondary N) is 2. The number of hydrogen-bond donors (Lipinski definition) is 4. The van der Waals surface area contributed by atoms with Gasteiger partial charge in [0.05, 0.1) is 34.9 Å². The van der Waals surface area contributed by atoms with Crippen LogP contribution in [0.3, 0.4) is 0 Å². The van der Waals surface area contributed by atoms with E-state index in [2.05, 4.69) is 20.6 Å². The van der Waals surface area contributed by atoms with Gasteiger partial charge in [0.15, 0.2) is 0 Å². The molecule has 3 rings (SSSR count). The van der Waals surface area contributed by atoms with Gasteiger partial charge in [0, 0.05) is 24.5 Å². The molecular formula is C18H18N4O4. The second-order valence-electron chi connectivity index (χ2n) is 5.77. The van der Waals surface area contributed by atoms with Crippen LogP contribution in [0.15, 0.2) is 36.4 Å². The Kier molecular flexibility index (Phi) is 5.12. The summed E-state index contributed by atoms with van der Waals surface area (Å²) in [7, 11) is 0. The van der Waals surface area contributed by atoms with Crippen LogP contribution < -0.4 is 10.6 Å². The number of fused-ring (bicyclic) bond motifs is 2. The molecule has 0 radical (unpaired) electrons. The summed E-state index contributed by atoms with van der Waals surface area (Å²) < 4.78 is 0. The third-order valence-corrected chi connectivity index (χ3v) is 3.77. The van der Waals surface area contributed by atoms with Crippen molar-refractivity contribution in [3.05, 3.63) is 36.4 Å². The van der Waals surface area contributed by atoms with E-state index in [-0.39, 0.29) is 12.8 Å². The van der Waals surface area contributed by atoms with Crippen molar-refractivity contribution in [3.8, 4) is 0 Å². The number of anilines is 2. The van der Waals surface area contributed by atoms with Crippen LogP contribution in [0, 0.1) is 0 Å². The molecule has 0 aliphatic rings. The van der Waals surface area contributed by atoms with Crippen molar-refractivity contribution in [2.45, 2.75) is 12.8 Å². The fraction of sp³-hybridized carbons (Fsp3) is 0.222. The first-order chi connectivity index (χ1) is 12.5. The molecule has 8 nitrogen and oxygen atoms in total. The smallest absolute Gasteiger partial charge is 0.305 e. The van der Waals surface area contributed by atoms with E-state index in [1.807, 2.05) is 36.4 Å². The van der Waals surface area contributed by atoms with Gasteiger partial charge in [-0.25, -0.2) is 9.97 Å². The highest BCUT2D eigenvalue weighted by Gasteiger charge is 2.05. The van der Waals surface area contributed by atoms with Gasteiger partial charge in [-0.15, -0.1) is 0 Å². The molecule has 0 atom stereocenters. The number of carbonyl (C=O) groups is 2. The number of carboxylic acid groups (broad SMARTS) is 2. The number of benzene rings is 2. The van der Waals surface area contributed by atoms with Crippen LogP contribution in [-0.4, -0.2) is 45.2 Å². The summed E-state index contributed by atoms with van der Waals surface area (Å²) in [6.07, 6.45) is 0.0815. The number of rotatable bonds is 8. The van der Waals surface area contributed by atoms with E-state index in [0.717, 1.165) is 22.4 Å². The van der Waals surface area contributed by atoms with Crippen LogP contribution in [0.5, 0.6) is 0 Å². The normalized spacial score (nSPS) is 10.8. The second kappa shape index (κ2) is 7.64. The molecule has 0 saturated carbocycles. The molecule has 3 aromatic rings. The van der Waals surface area contributed by atoms with Gasteiger partial charge in [-0.05, 0) is 36.4 Å². The second-order valence-corrected chi connectivity index (χ2v) is 5.77. The lowest BCUT2D eigenvalue weighted by Crippen LogP contribution is -2.07. The molecule has 0 fully saturated rings. The zero-order valence-electron chi connectivity index (χ0n) is 13.9. The summed E-state index contributed by atoms with van der Waals surface area (Å²) in [6, 6.07) is 11.0. The van der Waals surface area contributed by atoms with E-state index < -0.39 is 11.9 Å². The number of hydrogen-bond acceptors (Lipinski definition) is 6. The summed E-state index contributed by atoms with van der Waals surface area (Å²) >= 11 is 0. The van der Waals surface area contributed by atoms with Gasteiger partial charge >= 0.3 is 11.9 Å². The van der Waals surface area contributed by atoms with E-state index in [9.17, 15) is 9.59 Å². The molecule has 134 valence electrons. The number of aromatic nitrogens is 2. The van der Waals surface area contributed by atoms with Crippen LogP contribution in [0.1, 0.15) is 12.8 Å². The van der Waals surface area contributed by atoms with E-state index in [0.29, 0.717) is 24.1 Å². The molecule has 1 heterocycles. The third-order valence-electron chi connectivity index (χ3n) is 3.77. The molecule has 0 aliphatic carbocycles. The Morgan fingerprint density at radius 2 is 1.15 bits per heavy atom. The molecule has 0 aliphatic heterocycles. The molecule has 8 heteroatoms. The predicted octanol–water partition coefficient (Wildman–Crippen LogP) is 2.56. The summed E-state index contributed by atoms with van der Waals surface area (Å²) in [6.45, 7) is 0.681. The van der Waals surface area contributed by atoms with Crippen molar-refractivity contribution in [2.24, 2.45) is 0 Å². The molecule has 1 aromatic heterocycles. The van der Waals surface area contributed by atoms with Crippen LogP contribution in [0.4, 0.5) is 11.4 Å². The maximum atomic E-state index is 10.6. The fourth-order valence-electron chi connectivity index (χ4n) is 2.52. The van der Waals surface area contributed by atoms with Gasteiger partial charge in [0.25, 0.3) is 0 Å². The first-order valence-electron chi connectivity index (χ1n) is 8.14. The maximum Gasteiger partial charge on any atom is 0.305 e. The lowest BCUT2D eigenvalue weighted by Gasteiger charge is -2.08. The van der Waals surface area contributed by atoms with Crippen molar-refractivity contribution in [1.82, 2.24) is 9.97 Å². The zero-order valence-corrected chi connectivity index (χ0v) is 13.9. The number of nitrogens with zero attached hydrogens (tertiary/aromatic N) is 2. The topological polar surface area (TPSA) is 124 Å². The average molecular weight is 354 g/mol. The standard InChI is InChI=1S/C18H18N4O4/c23-17(24)5-7-19-11-1-3-13-15(9-11)22-14-4-2-12(10-16(14)21-13)20-8-6-18(25)26/h1-4,9-10,19-20H,5-8H2,(H,23,24)(H,25,26). The Labute approximate surface area is 148 Å². The Hall–Kier alpha value is -3.42. The van der Waals surface area contributed by atoms with Crippen LogP contribution in [-0.2, 0) is 9.59 Å². The quantitative estimate of drug-likeness (QED) is 0.455. The fourth-order valence-corrected chi connectivity index (χ4v) is 2.52. The molecular weight excluding hydrogens is 336 g/mol. The average Bonchev–Trinajstić information content (AvgIpc) is 2.59. The molecule has 0 saturated heterocycles. The van der Waals surface area contributed by atoms with E-state index >= 15 is 0 Å². The highest BCUT2D eigenvalue weighted by molar-refractivity contribution is 5.89. The minimum absolute atomic E-state index is 0.0408. The van der Waals surface area contributed by atoms with Gasteiger partial charge in [-0.3, -0.25) is 9.59 Å². The molecule has 0 bridgehead atoms. The molecule has 2 aromatic carbocycles. The lowest BCUT2D eigenvalue weighted by molar-refractivity contribution is -0.137. The highest BCUT2D eigenvalue weighted by atomic mass is 16.4. The van der Waals surface area contributed by atoms with Gasteiger partial charge in [0.2, 0.25) is 0 Å². The van der Waals surface area contributed by atoms with Crippen molar-refractivity contribution < 1.29 is 19.8 Å². The van der Waals surface area contributed by atoms with Crippen molar-refractivity contribution in [3.63, 3.8) is 0 Å². The minimum atomic E-state index is -0.850. The van der Waals surface area contributed by atoms with Gasteiger partial charge in [-0.2, -0.15) is 0 Å². The zero-order chi connectivity index (χ0) is 18.5. The van der Waals surface area contributed by atoms with Crippen LogP contribution in [0.2, 0.25) is 0 Å². The molecule has 4 N–H and O–H groups in total. The molecule has 26 heavy (non-hydrogen) atoms. The summed E-state index contributed by atoms with van der Waals surface area (Å²) in [5, 5.41) is 23.5. The van der Waals surface area contributed by atoms with Crippen molar-refractivity contribution >= 4 is 45.4 Å². The van der Waals surface area contributed by atoms with Crippen molar-refractivity contribution in [2.75, 3.05) is 23.7 Å². The molecule has 0 amide bonds. The van der Waals surface area contributed by atoms with E-state index in [1.54, 1.807) is 0 Å². The van der Waals surface area contributed by atoms with Crippen molar-refractivity contribution in [1.29, 1.82) is 0 Å². The summed E-state index contributed by atoms with van der Waals surface area (Å²) in [5.74, 6) is -1.70. The maximum absolute atomic E-state index is 10.6. The van der Waals surface area contributed by atoms with Gasteiger partial charge < -0.3 is 20.8 Å². The highest BCUT2D eigenvalue weighted by Crippen LogP contribution is 2.22. The van der Waals surface area contributed by atoms with Crippen LogP contribution in [0.25, 0.3) is 22.1 Å². The largest absolute Gasteiger partial charge is 0.481 e. The first kappa shape index (κ1) is 17.4. The van der Waals surface area contributed by atoms with Gasteiger partial charge in [0.1, 0.15) is 0 Å². The Morgan fingerprint density at radius 3 is 1.54 bits per heavy atom. The summed E-state index contributed by atoms with van der Waals surface area (Å²) in [4.78, 5) is 30.3. The minimum Gasteiger partial charge on any atom is -0.481 e. The van der Waals surface area contributed by atoms with E-state index in [4.69, 9.17) is 10.2 Å². The van der Waals surface area contributed by atoms with Gasteiger partial charge in [-0.1, -0.05) is 0 Å². The molecule has 0 spiro atoms. The number of carboxylic acids is 2. The Bertz CT molecular complexity index is 894. The predicted molar refractivity (Wildman–Crippen MR) is 98.5 cm³/mol. The third kappa shape index (κ3) is 4.35. The first-order valence-corrected chi connectivity index (χ1v) is 8.14. The SMILES string of the molecule is O=C(O)CCNc1ccc2nc3cc(NCCC(=O)O)ccc3nc2c1. The Balaban J connectivity index is 1.80.